The van der Waals surface area contributed by atoms with Crippen LogP contribution in [0.15, 0.2) is 0 Å². The number of hydroxylamine groups is 2. The van der Waals surface area contributed by atoms with Gasteiger partial charge in [-0.15, -0.1) is 0 Å². The van der Waals surface area contributed by atoms with Crippen molar-refractivity contribution in [3.8, 4) is 0 Å². The molecule has 11 heavy (non-hydrogen) atoms. The molecule has 0 radical (unpaired) electrons. The van der Waals surface area contributed by atoms with E-state index in [1.807, 2.05) is 18.9 Å². The standard InChI is InChI=1S/C8H17NO2/c1-7(2)11-9-5-3-4-8(10)6-9/h7-8,10H,3-6H2,1-2H3. The molecule has 3 heteroatoms. The van der Waals surface area contributed by atoms with E-state index in [0.717, 1.165) is 19.4 Å². The van der Waals surface area contributed by atoms with Gasteiger partial charge in [-0.1, -0.05) is 0 Å². The molecule has 0 saturated carbocycles. The molecule has 3 nitrogen and oxygen atoms in total. The minimum absolute atomic E-state index is 0.192. The fourth-order valence-corrected chi connectivity index (χ4v) is 1.31. The molecule has 66 valence electrons. The number of hydrogen-bond donors (Lipinski definition) is 1. The highest BCUT2D eigenvalue weighted by atomic mass is 16.7. The summed E-state index contributed by atoms with van der Waals surface area (Å²) >= 11 is 0. The van der Waals surface area contributed by atoms with E-state index >= 15 is 0 Å². The van der Waals surface area contributed by atoms with Crippen molar-refractivity contribution in [2.24, 2.45) is 0 Å². The third-order valence-corrected chi connectivity index (χ3v) is 1.72. The number of aliphatic hydroxyl groups excluding tert-OH is 1. The highest BCUT2D eigenvalue weighted by Crippen LogP contribution is 2.10. The highest BCUT2D eigenvalue weighted by molar-refractivity contribution is 4.66. The van der Waals surface area contributed by atoms with Crippen molar-refractivity contribution < 1.29 is 9.94 Å². The van der Waals surface area contributed by atoms with E-state index in [2.05, 4.69) is 0 Å². The van der Waals surface area contributed by atoms with Crippen molar-refractivity contribution in [2.75, 3.05) is 13.1 Å². The Morgan fingerprint density at radius 1 is 1.55 bits per heavy atom. The van der Waals surface area contributed by atoms with Crippen LogP contribution in [0.5, 0.6) is 0 Å². The molecule has 0 aromatic heterocycles. The van der Waals surface area contributed by atoms with E-state index in [9.17, 15) is 5.11 Å². The van der Waals surface area contributed by atoms with Crippen molar-refractivity contribution in [2.45, 2.75) is 38.9 Å². The maximum atomic E-state index is 9.27. The first kappa shape index (κ1) is 8.97. The van der Waals surface area contributed by atoms with Crippen LogP contribution in [0.4, 0.5) is 0 Å². The van der Waals surface area contributed by atoms with Crippen LogP contribution in [0.1, 0.15) is 26.7 Å². The summed E-state index contributed by atoms with van der Waals surface area (Å²) in [5, 5.41) is 11.1. The summed E-state index contributed by atoms with van der Waals surface area (Å²) < 4.78 is 0. The summed E-state index contributed by atoms with van der Waals surface area (Å²) in [4.78, 5) is 5.43. The average molecular weight is 159 g/mol. The summed E-state index contributed by atoms with van der Waals surface area (Å²) in [5.74, 6) is 0. The summed E-state index contributed by atoms with van der Waals surface area (Å²) in [6, 6.07) is 0. The molecule has 1 saturated heterocycles. The van der Waals surface area contributed by atoms with Gasteiger partial charge in [0.15, 0.2) is 0 Å². The van der Waals surface area contributed by atoms with Gasteiger partial charge in [0.25, 0.3) is 0 Å². The molecule has 1 rings (SSSR count). The van der Waals surface area contributed by atoms with Gasteiger partial charge in [-0.2, -0.15) is 5.06 Å². The molecule has 1 aliphatic heterocycles. The zero-order chi connectivity index (χ0) is 8.27. The predicted molar refractivity (Wildman–Crippen MR) is 43.0 cm³/mol. The lowest BCUT2D eigenvalue weighted by Crippen LogP contribution is -2.39. The van der Waals surface area contributed by atoms with Crippen molar-refractivity contribution in [3.63, 3.8) is 0 Å². The van der Waals surface area contributed by atoms with E-state index in [0.29, 0.717) is 6.54 Å². The molecule has 0 bridgehead atoms. The van der Waals surface area contributed by atoms with Crippen LogP contribution in [0.2, 0.25) is 0 Å². The second kappa shape index (κ2) is 4.04. The zero-order valence-electron chi connectivity index (χ0n) is 7.29. The van der Waals surface area contributed by atoms with Gasteiger partial charge in [0.05, 0.1) is 18.8 Å². The van der Waals surface area contributed by atoms with Gasteiger partial charge in [-0.05, 0) is 26.7 Å². The lowest BCUT2D eigenvalue weighted by molar-refractivity contribution is -0.210. The Bertz CT molecular complexity index is 115. The van der Waals surface area contributed by atoms with Gasteiger partial charge in [0.1, 0.15) is 0 Å². The molecule has 0 aromatic rings. The summed E-state index contributed by atoms with van der Waals surface area (Å²) in [6.45, 7) is 5.62. The number of aliphatic hydroxyl groups is 1. The zero-order valence-corrected chi connectivity index (χ0v) is 7.29. The molecule has 1 heterocycles. The summed E-state index contributed by atoms with van der Waals surface area (Å²) in [5.41, 5.74) is 0. The van der Waals surface area contributed by atoms with Crippen molar-refractivity contribution in [1.29, 1.82) is 0 Å². The monoisotopic (exact) mass is 159 g/mol. The van der Waals surface area contributed by atoms with Crippen molar-refractivity contribution in [3.05, 3.63) is 0 Å². The van der Waals surface area contributed by atoms with Crippen molar-refractivity contribution in [1.82, 2.24) is 5.06 Å². The number of β-amino-alcohol motifs (C(OH)–C–C–N with tert-alkyl or cyclic N) is 1. The van der Waals surface area contributed by atoms with Crippen LogP contribution in [0.25, 0.3) is 0 Å². The fraction of sp³-hybridized carbons (Fsp3) is 1.00. The van der Waals surface area contributed by atoms with Crippen LogP contribution in [-0.4, -0.2) is 35.5 Å². The first-order chi connectivity index (χ1) is 5.18. The van der Waals surface area contributed by atoms with Crippen LogP contribution >= 0.6 is 0 Å². The molecule has 1 aliphatic rings. The van der Waals surface area contributed by atoms with E-state index in [1.165, 1.54) is 0 Å². The smallest absolute Gasteiger partial charge is 0.0737 e. The van der Waals surface area contributed by atoms with Crippen LogP contribution in [0, 0.1) is 0 Å². The average Bonchev–Trinajstić information content (AvgIpc) is 1.85. The van der Waals surface area contributed by atoms with Crippen molar-refractivity contribution >= 4 is 0 Å². The second-order valence-corrected chi connectivity index (χ2v) is 3.34. The first-order valence-corrected chi connectivity index (χ1v) is 4.28. The molecule has 0 spiro atoms. The number of piperidine rings is 1. The van der Waals surface area contributed by atoms with E-state index < -0.39 is 0 Å². The second-order valence-electron chi connectivity index (χ2n) is 3.34. The summed E-state index contributed by atoms with van der Waals surface area (Å²) in [6.07, 6.45) is 1.98. The molecule has 1 fully saturated rings. The predicted octanol–water partition coefficient (Wildman–Crippen LogP) is 0.783. The lowest BCUT2D eigenvalue weighted by atomic mass is 10.1. The maximum Gasteiger partial charge on any atom is 0.0737 e. The van der Waals surface area contributed by atoms with Gasteiger partial charge in [0, 0.05) is 6.54 Å². The number of hydrogen-bond acceptors (Lipinski definition) is 3. The van der Waals surface area contributed by atoms with Crippen LogP contribution in [0.3, 0.4) is 0 Å². The van der Waals surface area contributed by atoms with Crippen LogP contribution < -0.4 is 0 Å². The van der Waals surface area contributed by atoms with Crippen LogP contribution in [-0.2, 0) is 4.84 Å². The number of nitrogens with zero attached hydrogens (tertiary/aromatic N) is 1. The Morgan fingerprint density at radius 2 is 2.27 bits per heavy atom. The molecule has 0 aliphatic carbocycles. The third kappa shape index (κ3) is 3.18. The number of rotatable bonds is 2. The molecule has 1 N–H and O–H groups in total. The Labute approximate surface area is 67.9 Å². The first-order valence-electron chi connectivity index (χ1n) is 4.28. The van der Waals surface area contributed by atoms with Gasteiger partial charge < -0.3 is 5.11 Å². The minimum atomic E-state index is -0.192. The Kier molecular flexibility index (Phi) is 3.30. The van der Waals surface area contributed by atoms with Gasteiger partial charge >= 0.3 is 0 Å². The normalized spacial score (nSPS) is 27.8. The van der Waals surface area contributed by atoms with E-state index in [4.69, 9.17) is 4.84 Å². The molecule has 1 unspecified atom stereocenters. The molecule has 1 atom stereocenters. The maximum absolute atomic E-state index is 9.27. The third-order valence-electron chi connectivity index (χ3n) is 1.72. The van der Waals surface area contributed by atoms with E-state index in [-0.39, 0.29) is 12.2 Å². The minimum Gasteiger partial charge on any atom is -0.392 e. The summed E-state index contributed by atoms with van der Waals surface area (Å²) in [7, 11) is 0. The Hall–Kier alpha value is -0.120. The fourth-order valence-electron chi connectivity index (χ4n) is 1.31. The topological polar surface area (TPSA) is 32.7 Å². The molecule has 0 aromatic carbocycles. The van der Waals surface area contributed by atoms with E-state index in [1.54, 1.807) is 0 Å². The van der Waals surface area contributed by atoms with Gasteiger partial charge in [0.2, 0.25) is 0 Å². The lowest BCUT2D eigenvalue weighted by Gasteiger charge is -2.30. The van der Waals surface area contributed by atoms with Gasteiger partial charge in [-0.25, -0.2) is 0 Å². The largest absolute Gasteiger partial charge is 0.392 e. The Morgan fingerprint density at radius 3 is 2.82 bits per heavy atom. The Balaban J connectivity index is 2.23. The molecular formula is C8H17NO2. The van der Waals surface area contributed by atoms with Gasteiger partial charge in [-0.3, -0.25) is 4.84 Å². The highest BCUT2D eigenvalue weighted by Gasteiger charge is 2.18. The molecular weight excluding hydrogens is 142 g/mol. The quantitative estimate of drug-likeness (QED) is 0.646. The SMILES string of the molecule is CC(C)ON1CCCC(O)C1. The molecule has 0 amide bonds.